The second-order valence-electron chi connectivity index (χ2n) is 8.73. The van der Waals surface area contributed by atoms with Crippen molar-refractivity contribution in [3.63, 3.8) is 0 Å². The molecular formula is C24H28ClN3OSi. The van der Waals surface area contributed by atoms with Crippen molar-refractivity contribution in [2.24, 2.45) is 0 Å². The van der Waals surface area contributed by atoms with Crippen LogP contribution in [0.25, 0.3) is 11.3 Å². The molecule has 0 aliphatic rings. The monoisotopic (exact) mass is 437 g/mol. The lowest BCUT2D eigenvalue weighted by Gasteiger charge is -2.24. The summed E-state index contributed by atoms with van der Waals surface area (Å²) in [6.07, 6.45) is 1.71. The number of pyridine rings is 1. The minimum atomic E-state index is -1.47. The summed E-state index contributed by atoms with van der Waals surface area (Å²) in [5.74, 6) is -0.134. The number of halogens is 1. The summed E-state index contributed by atoms with van der Waals surface area (Å²) in [5, 5.41) is 5.05. The molecule has 1 heterocycles. The number of rotatable bonds is 6. The van der Waals surface area contributed by atoms with Gasteiger partial charge in [0.2, 0.25) is 0 Å². The number of hydrogen-bond donors (Lipinski definition) is 1. The van der Waals surface area contributed by atoms with Crippen molar-refractivity contribution >= 4 is 36.5 Å². The molecule has 6 heteroatoms. The average Bonchev–Trinajstić information content (AvgIpc) is 2.67. The molecule has 1 amide bonds. The zero-order valence-electron chi connectivity index (χ0n) is 18.2. The number of benzene rings is 2. The van der Waals surface area contributed by atoms with E-state index in [1.807, 2.05) is 18.2 Å². The van der Waals surface area contributed by atoms with E-state index in [0.29, 0.717) is 16.3 Å². The van der Waals surface area contributed by atoms with Crippen LogP contribution in [0.4, 0.5) is 5.69 Å². The minimum absolute atomic E-state index is 0.134. The van der Waals surface area contributed by atoms with Crippen molar-refractivity contribution < 1.29 is 4.79 Å². The molecule has 0 aliphatic carbocycles. The molecule has 0 saturated heterocycles. The Hall–Kier alpha value is -2.47. The van der Waals surface area contributed by atoms with E-state index in [-0.39, 0.29) is 5.91 Å². The van der Waals surface area contributed by atoms with Crippen LogP contribution < -0.4 is 10.5 Å². The first kappa shape index (κ1) is 22.2. The number of nitrogens with zero attached hydrogens (tertiary/aromatic N) is 2. The van der Waals surface area contributed by atoms with Gasteiger partial charge in [-0.15, -0.1) is 0 Å². The summed E-state index contributed by atoms with van der Waals surface area (Å²) in [6.45, 7) is 7.88. The van der Waals surface area contributed by atoms with Crippen LogP contribution in [0.1, 0.15) is 15.9 Å². The fourth-order valence-electron chi connectivity index (χ4n) is 3.46. The van der Waals surface area contributed by atoms with Gasteiger partial charge in [-0.05, 0) is 56.1 Å². The molecular weight excluding hydrogens is 410 g/mol. The van der Waals surface area contributed by atoms with Crippen LogP contribution in [-0.2, 0) is 6.54 Å². The summed E-state index contributed by atoms with van der Waals surface area (Å²) < 4.78 is 0. The van der Waals surface area contributed by atoms with Crippen molar-refractivity contribution in [3.8, 4) is 11.3 Å². The molecule has 0 aliphatic heterocycles. The highest BCUT2D eigenvalue weighted by Gasteiger charge is 2.21. The van der Waals surface area contributed by atoms with E-state index >= 15 is 0 Å². The maximum Gasteiger partial charge on any atom is 0.255 e. The molecule has 3 aromatic rings. The fourth-order valence-corrected chi connectivity index (χ4v) is 5.38. The van der Waals surface area contributed by atoms with Gasteiger partial charge in [0, 0.05) is 29.6 Å². The molecule has 3 rings (SSSR count). The molecule has 0 atom stereocenters. The molecule has 0 bridgehead atoms. The zero-order valence-corrected chi connectivity index (χ0v) is 19.9. The van der Waals surface area contributed by atoms with Gasteiger partial charge in [-0.1, -0.05) is 54.6 Å². The first-order valence-corrected chi connectivity index (χ1v) is 13.8. The van der Waals surface area contributed by atoms with Crippen LogP contribution in [0.5, 0.6) is 0 Å². The summed E-state index contributed by atoms with van der Waals surface area (Å²) >= 11 is 6.22. The van der Waals surface area contributed by atoms with Crippen LogP contribution in [-0.4, -0.2) is 38.0 Å². The maximum atomic E-state index is 12.8. The Bertz CT molecular complexity index is 1040. The Balaban J connectivity index is 1.81. The smallest absolute Gasteiger partial charge is 0.255 e. The summed E-state index contributed by atoms with van der Waals surface area (Å²) in [6, 6.07) is 17.2. The third-order valence-electron chi connectivity index (χ3n) is 4.84. The van der Waals surface area contributed by atoms with E-state index < -0.39 is 8.07 Å². The first-order valence-electron chi connectivity index (χ1n) is 9.95. The second kappa shape index (κ2) is 9.12. The SMILES string of the molecule is CN(C)Cc1cc(NC(=O)c2ccc(-c3ncccc3Cl)cc2)ccc1[Si](C)(C)C. The molecule has 1 aromatic heterocycles. The third kappa shape index (κ3) is 5.36. The number of carbonyl (C=O) groups excluding carboxylic acids is 1. The maximum absolute atomic E-state index is 12.8. The lowest BCUT2D eigenvalue weighted by Crippen LogP contribution is -2.41. The number of carbonyl (C=O) groups is 1. The highest BCUT2D eigenvalue weighted by Crippen LogP contribution is 2.25. The molecule has 2 aromatic carbocycles. The minimum Gasteiger partial charge on any atom is -0.322 e. The molecule has 30 heavy (non-hydrogen) atoms. The Labute approximate surface area is 184 Å². The second-order valence-corrected chi connectivity index (χ2v) is 14.2. The van der Waals surface area contributed by atoms with Gasteiger partial charge in [-0.25, -0.2) is 0 Å². The number of hydrogen-bond acceptors (Lipinski definition) is 3. The summed E-state index contributed by atoms with van der Waals surface area (Å²) in [5.41, 5.74) is 4.27. The lowest BCUT2D eigenvalue weighted by molar-refractivity contribution is 0.102. The van der Waals surface area contributed by atoms with Gasteiger partial charge in [0.1, 0.15) is 0 Å². The highest BCUT2D eigenvalue weighted by atomic mass is 35.5. The normalized spacial score (nSPS) is 11.6. The predicted molar refractivity (Wildman–Crippen MR) is 129 cm³/mol. The van der Waals surface area contributed by atoms with Crippen LogP contribution >= 0.6 is 11.6 Å². The lowest BCUT2D eigenvalue weighted by atomic mass is 10.1. The number of anilines is 1. The Kier molecular flexibility index (Phi) is 6.76. The van der Waals surface area contributed by atoms with Crippen molar-refractivity contribution in [1.82, 2.24) is 9.88 Å². The number of amides is 1. The third-order valence-corrected chi connectivity index (χ3v) is 7.25. The van der Waals surface area contributed by atoms with Gasteiger partial charge in [0.25, 0.3) is 5.91 Å². The summed E-state index contributed by atoms with van der Waals surface area (Å²) in [4.78, 5) is 19.3. The van der Waals surface area contributed by atoms with Crippen molar-refractivity contribution in [3.05, 3.63) is 76.9 Å². The number of nitrogens with one attached hydrogen (secondary N) is 1. The van der Waals surface area contributed by atoms with Crippen LogP contribution in [0.15, 0.2) is 60.8 Å². The number of aromatic nitrogens is 1. The van der Waals surface area contributed by atoms with Gasteiger partial charge in [-0.3, -0.25) is 9.78 Å². The Morgan fingerprint density at radius 3 is 2.37 bits per heavy atom. The van der Waals surface area contributed by atoms with Gasteiger partial charge < -0.3 is 10.2 Å². The topological polar surface area (TPSA) is 45.2 Å². The van der Waals surface area contributed by atoms with Gasteiger partial charge in [0.05, 0.1) is 18.8 Å². The van der Waals surface area contributed by atoms with Gasteiger partial charge >= 0.3 is 0 Å². The van der Waals surface area contributed by atoms with E-state index in [1.165, 1.54) is 10.8 Å². The standard InChI is InChI=1S/C24H28ClN3OSi/c1-28(2)16-19-15-20(12-13-22(19)30(3,4)5)27-24(29)18-10-8-17(9-11-18)23-21(25)7-6-14-26-23/h6-15H,16H2,1-5H3,(H,27,29). The molecule has 0 radical (unpaired) electrons. The molecule has 0 saturated carbocycles. The quantitative estimate of drug-likeness (QED) is 0.535. The predicted octanol–water partition coefficient (Wildman–Crippen LogP) is 5.26. The average molecular weight is 438 g/mol. The van der Waals surface area contributed by atoms with Gasteiger partial charge in [0.15, 0.2) is 0 Å². The van der Waals surface area contributed by atoms with Crippen molar-refractivity contribution in [1.29, 1.82) is 0 Å². The van der Waals surface area contributed by atoms with E-state index in [4.69, 9.17) is 11.6 Å². The molecule has 1 N–H and O–H groups in total. The zero-order chi connectivity index (χ0) is 21.9. The van der Waals surface area contributed by atoms with E-state index in [2.05, 4.69) is 61.1 Å². The van der Waals surface area contributed by atoms with Gasteiger partial charge in [-0.2, -0.15) is 0 Å². The Morgan fingerprint density at radius 2 is 1.77 bits per heavy atom. The van der Waals surface area contributed by atoms with Crippen LogP contribution in [0.3, 0.4) is 0 Å². The fraction of sp³-hybridized carbons (Fsp3) is 0.250. The summed E-state index contributed by atoms with van der Waals surface area (Å²) in [7, 11) is 2.66. The largest absolute Gasteiger partial charge is 0.322 e. The van der Waals surface area contributed by atoms with Crippen molar-refractivity contribution in [2.75, 3.05) is 19.4 Å². The van der Waals surface area contributed by atoms with Crippen LogP contribution in [0.2, 0.25) is 24.7 Å². The molecule has 0 spiro atoms. The van der Waals surface area contributed by atoms with E-state index in [0.717, 1.165) is 17.8 Å². The molecule has 156 valence electrons. The van der Waals surface area contributed by atoms with E-state index in [1.54, 1.807) is 30.5 Å². The van der Waals surface area contributed by atoms with E-state index in [9.17, 15) is 4.79 Å². The highest BCUT2D eigenvalue weighted by molar-refractivity contribution is 6.89. The Morgan fingerprint density at radius 1 is 1.07 bits per heavy atom. The van der Waals surface area contributed by atoms with Crippen LogP contribution in [0, 0.1) is 0 Å². The molecule has 4 nitrogen and oxygen atoms in total. The first-order chi connectivity index (χ1) is 14.1. The van der Waals surface area contributed by atoms with Crippen molar-refractivity contribution in [2.45, 2.75) is 26.2 Å². The molecule has 0 fully saturated rings. The molecule has 0 unspecified atom stereocenters.